The van der Waals surface area contributed by atoms with Crippen molar-refractivity contribution < 1.29 is 9.53 Å². The van der Waals surface area contributed by atoms with E-state index in [1.54, 1.807) is 6.20 Å². The first-order valence-corrected chi connectivity index (χ1v) is 9.68. The molecule has 1 aliphatic rings. The molecule has 28 heavy (non-hydrogen) atoms. The molecule has 0 bridgehead atoms. The van der Waals surface area contributed by atoms with E-state index in [-0.39, 0.29) is 12.5 Å². The molecule has 2 heterocycles. The maximum absolute atomic E-state index is 12.6. The van der Waals surface area contributed by atoms with E-state index in [1.807, 2.05) is 35.2 Å². The predicted octanol–water partition coefficient (Wildman–Crippen LogP) is 3.58. The topological polar surface area (TPSA) is 45.7 Å². The third kappa shape index (κ3) is 3.79. The van der Waals surface area contributed by atoms with Crippen LogP contribution in [0.4, 0.5) is 5.69 Å². The number of piperazine rings is 1. The number of carbonyl (C=O) groups excluding carboxylic acids is 1. The fraction of sp³-hybridized carbons (Fsp3) is 0.304. The Bertz CT molecular complexity index is 994. The van der Waals surface area contributed by atoms with Crippen LogP contribution in [-0.4, -0.2) is 48.6 Å². The van der Waals surface area contributed by atoms with E-state index in [9.17, 15) is 4.79 Å². The SMILES string of the molecule is Cc1cccc(N2CCN(C(=O)COc3ccc4ncccc4c3)CC2)c1C. The first-order chi connectivity index (χ1) is 13.6. The average Bonchev–Trinajstić information content (AvgIpc) is 2.74. The van der Waals surface area contributed by atoms with Gasteiger partial charge in [-0.05, 0) is 55.3 Å². The number of aromatic nitrogens is 1. The van der Waals surface area contributed by atoms with Crippen molar-refractivity contribution in [2.24, 2.45) is 0 Å². The number of pyridine rings is 1. The summed E-state index contributed by atoms with van der Waals surface area (Å²) >= 11 is 0. The number of carbonyl (C=O) groups is 1. The van der Waals surface area contributed by atoms with Crippen LogP contribution in [0.3, 0.4) is 0 Å². The van der Waals surface area contributed by atoms with E-state index in [2.05, 4.69) is 41.9 Å². The lowest BCUT2D eigenvalue weighted by molar-refractivity contribution is -0.133. The molecule has 5 heteroatoms. The number of hydrogen-bond donors (Lipinski definition) is 0. The number of amides is 1. The Balaban J connectivity index is 1.33. The molecule has 0 spiro atoms. The van der Waals surface area contributed by atoms with Gasteiger partial charge < -0.3 is 14.5 Å². The molecule has 2 aromatic carbocycles. The van der Waals surface area contributed by atoms with E-state index in [4.69, 9.17) is 4.74 Å². The summed E-state index contributed by atoms with van der Waals surface area (Å²) in [5.41, 5.74) is 4.81. The third-order valence-corrected chi connectivity index (χ3v) is 5.49. The number of hydrogen-bond acceptors (Lipinski definition) is 4. The van der Waals surface area contributed by atoms with Crippen LogP contribution in [0.1, 0.15) is 11.1 Å². The first kappa shape index (κ1) is 18.3. The molecule has 0 N–H and O–H groups in total. The minimum atomic E-state index is 0.0342. The van der Waals surface area contributed by atoms with E-state index >= 15 is 0 Å². The van der Waals surface area contributed by atoms with Crippen LogP contribution in [0.2, 0.25) is 0 Å². The van der Waals surface area contributed by atoms with Gasteiger partial charge in [-0.2, -0.15) is 0 Å². The van der Waals surface area contributed by atoms with Crippen molar-refractivity contribution in [1.82, 2.24) is 9.88 Å². The molecule has 3 aromatic rings. The van der Waals surface area contributed by atoms with Gasteiger partial charge in [-0.1, -0.05) is 18.2 Å². The van der Waals surface area contributed by atoms with Crippen molar-refractivity contribution >= 4 is 22.5 Å². The molecule has 1 fully saturated rings. The van der Waals surface area contributed by atoms with E-state index in [0.29, 0.717) is 5.75 Å². The Labute approximate surface area is 165 Å². The highest BCUT2D eigenvalue weighted by Crippen LogP contribution is 2.24. The maximum Gasteiger partial charge on any atom is 0.260 e. The summed E-state index contributed by atoms with van der Waals surface area (Å²) in [6, 6.07) is 16.0. The summed E-state index contributed by atoms with van der Waals surface area (Å²) in [5, 5.41) is 1.01. The van der Waals surface area contributed by atoms with E-state index in [1.165, 1.54) is 16.8 Å². The van der Waals surface area contributed by atoms with E-state index in [0.717, 1.165) is 37.1 Å². The summed E-state index contributed by atoms with van der Waals surface area (Å²) in [6.45, 7) is 7.49. The molecule has 0 aliphatic carbocycles. The second-order valence-electron chi connectivity index (χ2n) is 7.23. The minimum absolute atomic E-state index is 0.0342. The number of anilines is 1. The maximum atomic E-state index is 12.6. The van der Waals surface area contributed by atoms with Crippen LogP contribution in [0.25, 0.3) is 10.9 Å². The van der Waals surface area contributed by atoms with Crippen molar-refractivity contribution in [3.05, 3.63) is 65.9 Å². The Morgan fingerprint density at radius 1 is 1.04 bits per heavy atom. The van der Waals surface area contributed by atoms with Gasteiger partial charge in [0.15, 0.2) is 6.61 Å². The zero-order valence-corrected chi connectivity index (χ0v) is 16.4. The van der Waals surface area contributed by atoms with Crippen LogP contribution in [-0.2, 0) is 4.79 Å². The highest BCUT2D eigenvalue weighted by molar-refractivity contribution is 5.81. The number of rotatable bonds is 4. The summed E-state index contributed by atoms with van der Waals surface area (Å²) in [5.74, 6) is 0.731. The Kier molecular flexibility index (Phi) is 5.15. The monoisotopic (exact) mass is 375 g/mol. The molecular formula is C23H25N3O2. The Morgan fingerprint density at radius 2 is 1.86 bits per heavy atom. The number of fused-ring (bicyclic) bond motifs is 1. The van der Waals surface area contributed by atoms with Crippen LogP contribution in [0, 0.1) is 13.8 Å². The molecule has 0 atom stereocenters. The summed E-state index contributed by atoms with van der Waals surface area (Å²) in [7, 11) is 0. The molecule has 144 valence electrons. The molecule has 1 aromatic heterocycles. The normalized spacial score (nSPS) is 14.4. The Morgan fingerprint density at radius 3 is 2.68 bits per heavy atom. The number of ether oxygens (including phenoxy) is 1. The summed E-state index contributed by atoms with van der Waals surface area (Å²) in [4.78, 5) is 21.1. The zero-order chi connectivity index (χ0) is 19.5. The molecule has 4 rings (SSSR count). The smallest absolute Gasteiger partial charge is 0.260 e. The number of benzene rings is 2. The van der Waals surface area contributed by atoms with Gasteiger partial charge in [0.1, 0.15) is 5.75 Å². The lowest BCUT2D eigenvalue weighted by atomic mass is 10.1. The first-order valence-electron chi connectivity index (χ1n) is 9.68. The van der Waals surface area contributed by atoms with Gasteiger partial charge in [-0.15, -0.1) is 0 Å². The molecular weight excluding hydrogens is 350 g/mol. The van der Waals surface area contributed by atoms with Gasteiger partial charge in [0.25, 0.3) is 5.91 Å². The van der Waals surface area contributed by atoms with Crippen molar-refractivity contribution in [1.29, 1.82) is 0 Å². The molecule has 1 aliphatic heterocycles. The minimum Gasteiger partial charge on any atom is -0.484 e. The summed E-state index contributed by atoms with van der Waals surface area (Å²) < 4.78 is 5.74. The lowest BCUT2D eigenvalue weighted by Gasteiger charge is -2.37. The number of aryl methyl sites for hydroxylation is 1. The second-order valence-corrected chi connectivity index (χ2v) is 7.23. The van der Waals surface area contributed by atoms with E-state index < -0.39 is 0 Å². The number of nitrogens with zero attached hydrogens (tertiary/aromatic N) is 3. The van der Waals surface area contributed by atoms with Gasteiger partial charge in [0.05, 0.1) is 5.52 Å². The van der Waals surface area contributed by atoms with Gasteiger partial charge in [0, 0.05) is 43.4 Å². The highest BCUT2D eigenvalue weighted by atomic mass is 16.5. The molecule has 1 saturated heterocycles. The molecule has 0 saturated carbocycles. The van der Waals surface area contributed by atoms with Crippen LogP contribution >= 0.6 is 0 Å². The molecule has 1 amide bonds. The van der Waals surface area contributed by atoms with Crippen molar-refractivity contribution in [3.63, 3.8) is 0 Å². The quantitative estimate of drug-likeness (QED) is 0.699. The van der Waals surface area contributed by atoms with Crippen LogP contribution in [0.15, 0.2) is 54.7 Å². The van der Waals surface area contributed by atoms with Gasteiger partial charge in [0.2, 0.25) is 0 Å². The average molecular weight is 375 g/mol. The van der Waals surface area contributed by atoms with Crippen molar-refractivity contribution in [2.75, 3.05) is 37.7 Å². The summed E-state index contributed by atoms with van der Waals surface area (Å²) in [6.07, 6.45) is 1.77. The largest absolute Gasteiger partial charge is 0.484 e. The van der Waals surface area contributed by atoms with Crippen molar-refractivity contribution in [3.8, 4) is 5.75 Å². The second kappa shape index (κ2) is 7.89. The lowest BCUT2D eigenvalue weighted by Crippen LogP contribution is -2.50. The molecule has 0 unspecified atom stereocenters. The third-order valence-electron chi connectivity index (χ3n) is 5.49. The highest BCUT2D eigenvalue weighted by Gasteiger charge is 2.22. The van der Waals surface area contributed by atoms with Gasteiger partial charge in [-0.25, -0.2) is 0 Å². The van der Waals surface area contributed by atoms with Crippen molar-refractivity contribution in [2.45, 2.75) is 13.8 Å². The van der Waals surface area contributed by atoms with Gasteiger partial charge in [-0.3, -0.25) is 9.78 Å². The van der Waals surface area contributed by atoms with Crippen LogP contribution in [0.5, 0.6) is 5.75 Å². The Hall–Kier alpha value is -3.08. The molecule has 5 nitrogen and oxygen atoms in total. The fourth-order valence-electron chi connectivity index (χ4n) is 3.65. The standard InChI is InChI=1S/C23H25N3O2/c1-17-5-3-7-22(18(17)2)25-11-13-26(14-12-25)23(27)16-28-20-8-9-21-19(15-20)6-4-10-24-21/h3-10,15H,11-14,16H2,1-2H3. The zero-order valence-electron chi connectivity index (χ0n) is 16.4. The fourth-order valence-corrected chi connectivity index (χ4v) is 3.65. The predicted molar refractivity (Wildman–Crippen MR) is 112 cm³/mol. The van der Waals surface area contributed by atoms with Gasteiger partial charge >= 0.3 is 0 Å². The molecule has 0 radical (unpaired) electrons. The van der Waals surface area contributed by atoms with Crippen LogP contribution < -0.4 is 9.64 Å².